The van der Waals surface area contributed by atoms with Crippen LogP contribution in [0.4, 0.5) is 34.1 Å². The summed E-state index contributed by atoms with van der Waals surface area (Å²) in [5, 5.41) is 9.54. The van der Waals surface area contributed by atoms with Crippen LogP contribution < -0.4 is 19.3 Å². The molecule has 8 nitrogen and oxygen atoms in total. The van der Waals surface area contributed by atoms with Crippen LogP contribution in [0.5, 0.6) is 11.5 Å². The molecule has 3 aliphatic rings. The van der Waals surface area contributed by atoms with Gasteiger partial charge in [-0.3, -0.25) is 0 Å². The molecule has 0 saturated carbocycles. The third-order valence-electron chi connectivity index (χ3n) is 32.1. The van der Waals surface area contributed by atoms with Crippen molar-refractivity contribution in [3.8, 4) is 56.3 Å². The number of para-hydroxylation sites is 2. The fraction of sp³-hybridized carbons (Fsp3) is 0.149. The summed E-state index contributed by atoms with van der Waals surface area (Å²) in [6, 6.07) is 167. The molecule has 0 aliphatic heterocycles. The highest BCUT2D eigenvalue weighted by molar-refractivity contribution is 6.13. The molecular weight excluding hydrogens is 1810 g/mol. The van der Waals surface area contributed by atoms with Gasteiger partial charge in [0.05, 0.1) is 73.1 Å². The molecule has 2 aromatic heterocycles. The van der Waals surface area contributed by atoms with Gasteiger partial charge in [-0.15, -0.1) is 0 Å². The molecule has 2 unspecified atom stereocenters. The second kappa shape index (κ2) is 40.2. The van der Waals surface area contributed by atoms with E-state index in [4.69, 9.17) is 18.9 Å². The minimum atomic E-state index is -0.374. The van der Waals surface area contributed by atoms with Crippen molar-refractivity contribution >= 4 is 111 Å². The molecule has 3 aliphatic carbocycles. The molecule has 0 spiro atoms. The van der Waals surface area contributed by atoms with E-state index in [1.807, 2.05) is 36.4 Å². The normalized spacial score (nSPS) is 14.5. The van der Waals surface area contributed by atoms with Gasteiger partial charge in [-0.1, -0.05) is 393 Å². The summed E-state index contributed by atoms with van der Waals surface area (Å²) in [7, 11) is 0. The predicted octanol–water partition coefficient (Wildman–Crippen LogP) is 36.8. The molecule has 0 amide bonds. The Morgan fingerprint density at radius 3 is 1.03 bits per heavy atom. The molecule has 25 rings (SSSR count). The summed E-state index contributed by atoms with van der Waals surface area (Å²) in [6.07, 6.45) is 14.2. The molecule has 0 saturated heterocycles. The summed E-state index contributed by atoms with van der Waals surface area (Å²) >= 11 is 0. The van der Waals surface area contributed by atoms with Crippen molar-refractivity contribution in [3.05, 3.63) is 540 Å². The van der Waals surface area contributed by atoms with E-state index in [2.05, 4.69) is 471 Å². The van der Waals surface area contributed by atoms with Crippen LogP contribution in [0.25, 0.3) is 122 Å². The van der Waals surface area contributed by atoms with Gasteiger partial charge in [-0.25, -0.2) is 0 Å². The zero-order chi connectivity index (χ0) is 99.9. The van der Waals surface area contributed by atoms with Crippen molar-refractivity contribution in [2.45, 2.75) is 121 Å². The molecule has 149 heavy (non-hydrogen) atoms. The van der Waals surface area contributed by atoms with Gasteiger partial charge in [0.1, 0.15) is 11.5 Å². The van der Waals surface area contributed by atoms with Crippen molar-refractivity contribution in [2.75, 3.05) is 23.0 Å². The zero-order valence-corrected chi connectivity index (χ0v) is 84.5. The van der Waals surface area contributed by atoms with Crippen molar-refractivity contribution in [1.29, 1.82) is 0 Å². The van der Waals surface area contributed by atoms with E-state index in [0.717, 1.165) is 177 Å². The van der Waals surface area contributed by atoms with Gasteiger partial charge in [-0.2, -0.15) is 0 Å². The second-order valence-electron chi connectivity index (χ2n) is 41.1. The first-order valence-corrected chi connectivity index (χ1v) is 53.1. The third kappa shape index (κ3) is 17.1. The van der Waals surface area contributed by atoms with E-state index in [0.29, 0.717) is 39.6 Å². The number of hydrogen-bond donors (Lipinski definition) is 0. The molecular formula is C141H118N4O4. The average molecular weight is 1930 g/mol. The Morgan fingerprint density at radius 2 is 0.591 bits per heavy atom. The van der Waals surface area contributed by atoms with Gasteiger partial charge in [0.15, 0.2) is 0 Å². The van der Waals surface area contributed by atoms with Crippen molar-refractivity contribution in [2.24, 2.45) is 0 Å². The largest absolute Gasteiger partial charge is 0.494 e. The first-order valence-electron chi connectivity index (χ1n) is 53.1. The molecule has 726 valence electrons. The molecule has 20 aromatic carbocycles. The topological polar surface area (TPSA) is 53.3 Å². The predicted molar refractivity (Wildman–Crippen MR) is 621 cm³/mol. The van der Waals surface area contributed by atoms with Crippen molar-refractivity contribution in [3.63, 3.8) is 0 Å². The van der Waals surface area contributed by atoms with Crippen LogP contribution in [-0.4, -0.2) is 22.3 Å². The lowest BCUT2D eigenvalue weighted by Gasteiger charge is -2.34. The van der Waals surface area contributed by atoms with Crippen LogP contribution in [0, 0.1) is 0 Å². The van der Waals surface area contributed by atoms with Crippen LogP contribution in [0.1, 0.15) is 156 Å². The Labute approximate surface area is 873 Å². The minimum absolute atomic E-state index is 0.229. The number of fused-ring (bicyclic) bond motifs is 17. The van der Waals surface area contributed by atoms with Gasteiger partial charge < -0.3 is 37.9 Å². The molecule has 0 radical (unpaired) electrons. The lowest BCUT2D eigenvalue weighted by molar-refractivity contribution is 0.107. The smallest absolute Gasteiger partial charge is 0.119 e. The number of nitrogens with zero attached hydrogens (tertiary/aromatic N) is 4. The summed E-state index contributed by atoms with van der Waals surface area (Å²) in [4.78, 5) is 5.03. The molecule has 22 aromatic rings. The van der Waals surface area contributed by atoms with E-state index < -0.39 is 0 Å². The third-order valence-corrected chi connectivity index (χ3v) is 32.1. The minimum Gasteiger partial charge on any atom is -0.494 e. The van der Waals surface area contributed by atoms with E-state index in [-0.39, 0.29) is 16.2 Å². The molecule has 0 bridgehead atoms. The summed E-state index contributed by atoms with van der Waals surface area (Å²) in [5.41, 5.74) is 37.8. The molecule has 2 atom stereocenters. The molecule has 2 heterocycles. The zero-order valence-electron chi connectivity index (χ0n) is 84.5. The van der Waals surface area contributed by atoms with E-state index in [1.54, 1.807) is 0 Å². The van der Waals surface area contributed by atoms with Gasteiger partial charge in [0, 0.05) is 82.7 Å². The lowest BCUT2D eigenvalue weighted by Crippen LogP contribution is -2.27. The highest BCUT2D eigenvalue weighted by Crippen LogP contribution is 2.60. The second-order valence-corrected chi connectivity index (χ2v) is 41.1. The SMILES string of the molecule is C=Cc1ccc(OCCCCCCC2(c3ccccc3)c3ccccc3-c3ccc(N(c4ccc5c(c4)c4ccccc4n5-c4ccc(COCc5ccc6c(c5)C(C)(C)c5cc(COCc7ccc(-n8c9ccccc9c9cc(N(c%10ccc%11c(c%10)C(CCCCCCOc%10ccc(C=C)cc%10)(c%10ccccc%10)c%10ccccc%10-%11)c%10cccc%11ccccc%10%11)ccc98)cc7)ccc5-6)cc4)c4cccc5ccccc45)cc32)cc1. The van der Waals surface area contributed by atoms with Crippen LogP contribution in [-0.2, 0) is 52.1 Å². The van der Waals surface area contributed by atoms with Crippen LogP contribution in [0.15, 0.2) is 462 Å². The maximum Gasteiger partial charge on any atom is 0.119 e. The van der Waals surface area contributed by atoms with Crippen LogP contribution in [0.2, 0.25) is 0 Å². The summed E-state index contributed by atoms with van der Waals surface area (Å²) in [6.45, 7) is 15.9. The summed E-state index contributed by atoms with van der Waals surface area (Å²) < 4.78 is 30.6. The lowest BCUT2D eigenvalue weighted by atomic mass is 9.69. The number of rotatable bonds is 36. The van der Waals surface area contributed by atoms with Crippen LogP contribution in [0.3, 0.4) is 0 Å². The Morgan fingerprint density at radius 1 is 0.255 bits per heavy atom. The van der Waals surface area contributed by atoms with Gasteiger partial charge in [-0.05, 0) is 281 Å². The number of ether oxygens (including phenoxy) is 4. The van der Waals surface area contributed by atoms with Gasteiger partial charge in [0.25, 0.3) is 0 Å². The number of unbranched alkanes of at least 4 members (excludes halogenated alkanes) is 6. The first kappa shape index (κ1) is 93.2. The van der Waals surface area contributed by atoms with E-state index >= 15 is 0 Å². The van der Waals surface area contributed by atoms with Crippen LogP contribution >= 0.6 is 0 Å². The Bertz CT molecular complexity index is 8280. The standard InChI is InChI=1S/C141H118N4O4/c1-5-97-59-73-113(74-60-97)148-85-31-9-7-29-83-140(105-39-13-11-14-40-105)127-49-25-21-45-117(127)121-79-69-111(91-131(121)140)142(133-53-33-37-103-35-17-19-43-115(103)133)109-71-81-137-125(89-109)123-47-23-27-51-135(123)144(137)107-65-55-99(56-66-107)93-146-95-101-63-77-119-120-78-64-102(88-130(120)139(3,4)129(119)87-101)96-147-94-100-57-67-108(68-58-100)145-136-52-28-24-48-124(136)126-90-110(72-82-138(126)145)143(134-54-34-38-104-36-18-20-44-116(104)134)112-70-80-122-118-46-22-26-50-128(118)141(132(122)92-112,106-41-15-12-16-42-106)84-30-8-10-32-86-149-114-75-61-98(6-2)62-76-114/h5-6,11-28,33-82,87-92H,1-2,7-10,29-32,83-86,93-96H2,3-4H3. The fourth-order valence-electron chi connectivity index (χ4n) is 24.8. The average Bonchev–Trinajstić information content (AvgIpc) is 1.54. The molecule has 8 heteroatoms. The first-order chi connectivity index (χ1) is 73.5. The highest BCUT2D eigenvalue weighted by atomic mass is 16.5. The highest BCUT2D eigenvalue weighted by Gasteiger charge is 2.47. The summed E-state index contributed by atoms with van der Waals surface area (Å²) in [5.74, 6) is 1.81. The molecule has 0 N–H and O–H groups in total. The maximum atomic E-state index is 6.66. The number of anilines is 6. The van der Waals surface area contributed by atoms with Gasteiger partial charge in [0.2, 0.25) is 0 Å². The van der Waals surface area contributed by atoms with Gasteiger partial charge >= 0.3 is 0 Å². The number of hydrogen-bond acceptors (Lipinski definition) is 6. The van der Waals surface area contributed by atoms with E-state index in [1.165, 1.54) is 121 Å². The van der Waals surface area contributed by atoms with Crippen molar-refractivity contribution in [1.82, 2.24) is 9.13 Å². The Balaban J connectivity index is 0.435. The maximum absolute atomic E-state index is 6.66. The quantitative estimate of drug-likeness (QED) is 0.0365. The fourth-order valence-corrected chi connectivity index (χ4v) is 24.8. The van der Waals surface area contributed by atoms with E-state index in [9.17, 15) is 0 Å². The number of aromatic nitrogens is 2. The Hall–Kier alpha value is -16.9. The van der Waals surface area contributed by atoms with Crippen molar-refractivity contribution < 1.29 is 18.9 Å². The Kier molecular flexibility index (Phi) is 25.1. The monoisotopic (exact) mass is 1930 g/mol. The molecule has 0 fully saturated rings. The number of benzene rings is 20.